The third-order valence-corrected chi connectivity index (χ3v) is 2.99. The summed E-state index contributed by atoms with van der Waals surface area (Å²) >= 11 is 6.09. The molecule has 1 aromatic rings. The zero-order valence-corrected chi connectivity index (χ0v) is 12.2. The van der Waals surface area contributed by atoms with Crippen molar-refractivity contribution in [3.63, 3.8) is 0 Å². The number of anilines is 1. The Morgan fingerprint density at radius 1 is 1.39 bits per heavy atom. The standard InChI is InChI=1S/C14H23ClN2O/c1-11(2)10-17(6-7-18-3)14-8-13(15)5-4-12(14)9-16/h4-5,8,11H,6-7,9-10,16H2,1-3H3. The van der Waals surface area contributed by atoms with Crippen LogP contribution in [-0.4, -0.2) is 26.8 Å². The highest BCUT2D eigenvalue weighted by molar-refractivity contribution is 6.30. The molecule has 0 aliphatic rings. The normalized spacial score (nSPS) is 11.0. The zero-order valence-electron chi connectivity index (χ0n) is 11.4. The van der Waals surface area contributed by atoms with Crippen LogP contribution in [0.3, 0.4) is 0 Å². The van der Waals surface area contributed by atoms with Gasteiger partial charge in [-0.15, -0.1) is 0 Å². The lowest BCUT2D eigenvalue weighted by atomic mass is 10.1. The molecule has 1 aromatic carbocycles. The second-order valence-corrected chi connectivity index (χ2v) is 5.25. The maximum atomic E-state index is 6.09. The van der Waals surface area contributed by atoms with E-state index in [2.05, 4.69) is 18.7 Å². The molecular formula is C14H23ClN2O. The molecule has 0 saturated heterocycles. The molecule has 2 N–H and O–H groups in total. The monoisotopic (exact) mass is 270 g/mol. The highest BCUT2D eigenvalue weighted by atomic mass is 35.5. The zero-order chi connectivity index (χ0) is 13.5. The molecule has 3 nitrogen and oxygen atoms in total. The summed E-state index contributed by atoms with van der Waals surface area (Å²) in [4.78, 5) is 2.29. The summed E-state index contributed by atoms with van der Waals surface area (Å²) in [5.74, 6) is 0.575. The Balaban J connectivity index is 2.98. The first-order valence-electron chi connectivity index (χ1n) is 6.30. The van der Waals surface area contributed by atoms with Crippen LogP contribution in [0.15, 0.2) is 18.2 Å². The molecule has 0 fully saturated rings. The van der Waals surface area contributed by atoms with E-state index in [0.717, 1.165) is 29.4 Å². The van der Waals surface area contributed by atoms with E-state index < -0.39 is 0 Å². The van der Waals surface area contributed by atoms with Gasteiger partial charge in [-0.3, -0.25) is 0 Å². The molecule has 0 saturated carbocycles. The number of halogens is 1. The van der Waals surface area contributed by atoms with E-state index in [1.165, 1.54) is 0 Å². The Labute approximate surface area is 115 Å². The summed E-state index contributed by atoms with van der Waals surface area (Å²) in [7, 11) is 1.72. The van der Waals surface area contributed by atoms with Gasteiger partial charge in [-0.1, -0.05) is 31.5 Å². The van der Waals surface area contributed by atoms with Crippen molar-refractivity contribution in [3.8, 4) is 0 Å². The number of methoxy groups -OCH3 is 1. The van der Waals surface area contributed by atoms with E-state index in [1.54, 1.807) is 7.11 Å². The van der Waals surface area contributed by atoms with Crippen LogP contribution in [0.2, 0.25) is 5.02 Å². The number of hydrogen-bond acceptors (Lipinski definition) is 3. The lowest BCUT2D eigenvalue weighted by molar-refractivity contribution is 0.204. The molecule has 18 heavy (non-hydrogen) atoms. The van der Waals surface area contributed by atoms with Gasteiger partial charge in [0.25, 0.3) is 0 Å². The minimum atomic E-state index is 0.522. The first-order chi connectivity index (χ1) is 8.58. The van der Waals surface area contributed by atoms with Crippen LogP contribution in [0.4, 0.5) is 5.69 Å². The first-order valence-corrected chi connectivity index (χ1v) is 6.68. The van der Waals surface area contributed by atoms with E-state index in [9.17, 15) is 0 Å². The van der Waals surface area contributed by atoms with E-state index in [1.807, 2.05) is 18.2 Å². The van der Waals surface area contributed by atoms with Gasteiger partial charge in [-0.25, -0.2) is 0 Å². The van der Waals surface area contributed by atoms with Gasteiger partial charge in [0.15, 0.2) is 0 Å². The molecule has 0 spiro atoms. The van der Waals surface area contributed by atoms with Gasteiger partial charge in [0.1, 0.15) is 0 Å². The molecule has 0 radical (unpaired) electrons. The average molecular weight is 271 g/mol. The van der Waals surface area contributed by atoms with Crippen molar-refractivity contribution in [3.05, 3.63) is 28.8 Å². The van der Waals surface area contributed by atoms with E-state index in [-0.39, 0.29) is 0 Å². The van der Waals surface area contributed by atoms with Crippen molar-refractivity contribution >= 4 is 17.3 Å². The minimum absolute atomic E-state index is 0.522. The van der Waals surface area contributed by atoms with Crippen molar-refractivity contribution in [2.24, 2.45) is 11.7 Å². The number of rotatable bonds is 7. The van der Waals surface area contributed by atoms with E-state index >= 15 is 0 Å². The molecular weight excluding hydrogens is 248 g/mol. The third kappa shape index (κ3) is 4.48. The molecule has 102 valence electrons. The quantitative estimate of drug-likeness (QED) is 0.828. The van der Waals surface area contributed by atoms with Crippen LogP contribution < -0.4 is 10.6 Å². The molecule has 0 aliphatic heterocycles. The van der Waals surface area contributed by atoms with Crippen molar-refractivity contribution in [1.82, 2.24) is 0 Å². The average Bonchev–Trinajstić information content (AvgIpc) is 2.34. The van der Waals surface area contributed by atoms with Gasteiger partial charge in [0.05, 0.1) is 6.61 Å². The number of hydrogen-bond donors (Lipinski definition) is 1. The predicted molar refractivity (Wildman–Crippen MR) is 78.3 cm³/mol. The fourth-order valence-corrected chi connectivity index (χ4v) is 2.12. The number of nitrogens with two attached hydrogens (primary N) is 1. The maximum absolute atomic E-state index is 6.09. The van der Waals surface area contributed by atoms with Crippen LogP contribution in [0, 0.1) is 5.92 Å². The highest BCUT2D eigenvalue weighted by Gasteiger charge is 2.12. The van der Waals surface area contributed by atoms with Gasteiger partial charge in [-0.2, -0.15) is 0 Å². The molecule has 0 aliphatic carbocycles. The molecule has 0 atom stereocenters. The largest absolute Gasteiger partial charge is 0.383 e. The molecule has 4 heteroatoms. The number of benzene rings is 1. The summed E-state index contributed by atoms with van der Waals surface area (Å²) in [6.07, 6.45) is 0. The smallest absolute Gasteiger partial charge is 0.0637 e. The van der Waals surface area contributed by atoms with Gasteiger partial charge in [0, 0.05) is 37.5 Å². The molecule has 0 heterocycles. The fourth-order valence-electron chi connectivity index (χ4n) is 1.96. The van der Waals surface area contributed by atoms with Crippen LogP contribution in [0.5, 0.6) is 0 Å². The Morgan fingerprint density at radius 2 is 2.11 bits per heavy atom. The molecule has 0 aromatic heterocycles. The van der Waals surface area contributed by atoms with Gasteiger partial charge in [0.2, 0.25) is 0 Å². The van der Waals surface area contributed by atoms with E-state index in [0.29, 0.717) is 19.1 Å². The van der Waals surface area contributed by atoms with E-state index in [4.69, 9.17) is 22.1 Å². The second-order valence-electron chi connectivity index (χ2n) is 4.81. The molecule has 0 bridgehead atoms. The highest BCUT2D eigenvalue weighted by Crippen LogP contribution is 2.25. The van der Waals surface area contributed by atoms with Crippen molar-refractivity contribution in [2.75, 3.05) is 31.7 Å². The van der Waals surface area contributed by atoms with Crippen molar-refractivity contribution < 1.29 is 4.74 Å². The van der Waals surface area contributed by atoms with Crippen molar-refractivity contribution in [1.29, 1.82) is 0 Å². The lowest BCUT2D eigenvalue weighted by Gasteiger charge is -2.28. The Kier molecular flexibility index (Phi) is 6.47. The Morgan fingerprint density at radius 3 is 2.67 bits per heavy atom. The van der Waals surface area contributed by atoms with Crippen LogP contribution in [0.25, 0.3) is 0 Å². The molecule has 1 rings (SSSR count). The summed E-state index contributed by atoms with van der Waals surface area (Å²) in [6, 6.07) is 5.87. The maximum Gasteiger partial charge on any atom is 0.0637 e. The predicted octanol–water partition coefficient (Wildman–Crippen LogP) is 2.91. The lowest BCUT2D eigenvalue weighted by Crippen LogP contribution is -2.32. The Bertz CT molecular complexity index is 369. The second kappa shape index (κ2) is 7.62. The van der Waals surface area contributed by atoms with Crippen LogP contribution in [-0.2, 0) is 11.3 Å². The number of ether oxygens (including phenoxy) is 1. The van der Waals surface area contributed by atoms with Crippen molar-refractivity contribution in [2.45, 2.75) is 20.4 Å². The molecule has 0 unspecified atom stereocenters. The summed E-state index contributed by atoms with van der Waals surface area (Å²) < 4.78 is 5.17. The van der Waals surface area contributed by atoms with Gasteiger partial charge >= 0.3 is 0 Å². The van der Waals surface area contributed by atoms with Gasteiger partial charge in [-0.05, 0) is 23.6 Å². The minimum Gasteiger partial charge on any atom is -0.383 e. The topological polar surface area (TPSA) is 38.5 Å². The Hall–Kier alpha value is -0.770. The first kappa shape index (κ1) is 15.3. The fraction of sp³-hybridized carbons (Fsp3) is 0.571. The van der Waals surface area contributed by atoms with Crippen LogP contribution >= 0.6 is 11.6 Å². The molecule has 0 amide bonds. The SMILES string of the molecule is COCCN(CC(C)C)c1cc(Cl)ccc1CN. The summed E-state index contributed by atoms with van der Waals surface area (Å²) in [5, 5.41) is 0.744. The van der Waals surface area contributed by atoms with Gasteiger partial charge < -0.3 is 15.4 Å². The number of nitrogens with zero attached hydrogens (tertiary/aromatic N) is 1. The summed E-state index contributed by atoms with van der Waals surface area (Å²) in [5.41, 5.74) is 8.04. The summed E-state index contributed by atoms with van der Waals surface area (Å²) in [6.45, 7) is 7.44. The van der Waals surface area contributed by atoms with Crippen LogP contribution in [0.1, 0.15) is 19.4 Å². The third-order valence-electron chi connectivity index (χ3n) is 2.76.